The van der Waals surface area contributed by atoms with Gasteiger partial charge in [0.05, 0.1) is 18.8 Å². The first-order valence-corrected chi connectivity index (χ1v) is 23.7. The fraction of sp³-hybridized carbons (Fsp3) is 0.857. The third-order valence-corrected chi connectivity index (χ3v) is 10.9. The molecule has 0 aliphatic rings. The lowest BCUT2D eigenvalue weighted by molar-refractivity contribution is -0.123. The highest BCUT2D eigenvalue weighted by Gasteiger charge is 2.17. The van der Waals surface area contributed by atoms with Crippen LogP contribution in [0, 0.1) is 0 Å². The van der Waals surface area contributed by atoms with Gasteiger partial charge in [-0.05, 0) is 44.9 Å². The van der Waals surface area contributed by atoms with Crippen LogP contribution < -0.4 is 5.32 Å². The second-order valence-corrected chi connectivity index (χ2v) is 16.2. The standard InChI is InChI=1S/C49H93NO3/c1-3-5-7-9-11-13-14-15-16-17-18-19-20-21-22-23-24-25-26-27-28-29-30-31-32-33-34-35-37-38-40-42-44-48(52)47(46-51)50-49(53)45-43-41-39-36-12-10-8-6-4-2/h31-32,35,37,42,44,47-48,51-52H,3-30,33-34,36,38-41,43,45-46H2,1-2H3,(H,50,53)/b32-31+,37-35+,44-42+. The molecule has 1 amide bonds. The van der Waals surface area contributed by atoms with Crippen LogP contribution in [0.3, 0.4) is 0 Å². The van der Waals surface area contributed by atoms with Gasteiger partial charge in [0.2, 0.25) is 5.91 Å². The van der Waals surface area contributed by atoms with Crippen LogP contribution in [0.15, 0.2) is 36.5 Å². The zero-order valence-electron chi connectivity index (χ0n) is 35.8. The van der Waals surface area contributed by atoms with E-state index in [1.807, 2.05) is 6.08 Å². The lowest BCUT2D eigenvalue weighted by Gasteiger charge is -2.19. The van der Waals surface area contributed by atoms with Crippen molar-refractivity contribution in [2.24, 2.45) is 0 Å². The maximum atomic E-state index is 12.3. The summed E-state index contributed by atoms with van der Waals surface area (Å²) >= 11 is 0. The molecule has 0 saturated heterocycles. The number of amides is 1. The zero-order valence-corrected chi connectivity index (χ0v) is 35.8. The quantitative estimate of drug-likeness (QED) is 0.0430. The zero-order chi connectivity index (χ0) is 38.6. The first kappa shape index (κ1) is 51.6. The van der Waals surface area contributed by atoms with E-state index in [1.165, 1.54) is 193 Å². The summed E-state index contributed by atoms with van der Waals surface area (Å²) in [7, 11) is 0. The maximum Gasteiger partial charge on any atom is 0.220 e. The van der Waals surface area contributed by atoms with E-state index >= 15 is 0 Å². The SMILES string of the molecule is CCCCCCCCCCCCCCCCCCCCCCCC/C=C/CC/C=C/CC/C=C/C(O)C(CO)NC(=O)CCCCCCCCCCC. The molecule has 2 unspecified atom stereocenters. The highest BCUT2D eigenvalue weighted by atomic mass is 16.3. The average Bonchev–Trinajstić information content (AvgIpc) is 3.16. The van der Waals surface area contributed by atoms with Crippen LogP contribution in [0.5, 0.6) is 0 Å². The minimum atomic E-state index is -0.866. The Hall–Kier alpha value is -1.39. The monoisotopic (exact) mass is 744 g/mol. The number of carbonyl (C=O) groups excluding carboxylic acids is 1. The molecule has 0 saturated carbocycles. The van der Waals surface area contributed by atoms with Gasteiger partial charge in [-0.1, -0.05) is 237 Å². The van der Waals surface area contributed by atoms with Crippen molar-refractivity contribution in [1.29, 1.82) is 0 Å². The molecule has 4 heteroatoms. The van der Waals surface area contributed by atoms with Crippen LogP contribution >= 0.6 is 0 Å². The summed E-state index contributed by atoms with van der Waals surface area (Å²) in [4.78, 5) is 12.3. The fourth-order valence-corrected chi connectivity index (χ4v) is 7.21. The molecule has 0 bridgehead atoms. The minimum Gasteiger partial charge on any atom is -0.394 e. The van der Waals surface area contributed by atoms with E-state index in [4.69, 9.17) is 0 Å². The number of unbranched alkanes of at least 4 members (excludes halogenated alkanes) is 32. The molecule has 0 spiro atoms. The molecule has 3 N–H and O–H groups in total. The van der Waals surface area contributed by atoms with Crippen molar-refractivity contribution in [2.45, 2.75) is 264 Å². The Kier molecular flexibility index (Phi) is 43.8. The fourth-order valence-electron chi connectivity index (χ4n) is 7.21. The Morgan fingerprint density at radius 3 is 1.09 bits per heavy atom. The van der Waals surface area contributed by atoms with Gasteiger partial charge in [-0.3, -0.25) is 4.79 Å². The number of carbonyl (C=O) groups is 1. The smallest absolute Gasteiger partial charge is 0.220 e. The van der Waals surface area contributed by atoms with E-state index in [2.05, 4.69) is 43.5 Å². The minimum absolute atomic E-state index is 0.0810. The van der Waals surface area contributed by atoms with Crippen LogP contribution in [0.1, 0.15) is 251 Å². The van der Waals surface area contributed by atoms with Crippen LogP contribution in [-0.2, 0) is 4.79 Å². The number of aliphatic hydroxyl groups is 2. The Morgan fingerprint density at radius 2 is 0.736 bits per heavy atom. The van der Waals surface area contributed by atoms with Crippen LogP contribution in [-0.4, -0.2) is 34.9 Å². The predicted molar refractivity (Wildman–Crippen MR) is 235 cm³/mol. The summed E-state index contributed by atoms with van der Waals surface area (Å²) in [6, 6.07) is -0.641. The van der Waals surface area contributed by atoms with Gasteiger partial charge < -0.3 is 15.5 Å². The van der Waals surface area contributed by atoms with Gasteiger partial charge in [-0.15, -0.1) is 0 Å². The summed E-state index contributed by atoms with van der Waals surface area (Å²) in [5.74, 6) is -0.0810. The van der Waals surface area contributed by atoms with Gasteiger partial charge >= 0.3 is 0 Å². The van der Waals surface area contributed by atoms with Crippen molar-refractivity contribution >= 4 is 5.91 Å². The van der Waals surface area contributed by atoms with Crippen molar-refractivity contribution in [2.75, 3.05) is 6.61 Å². The third-order valence-electron chi connectivity index (χ3n) is 10.9. The molecular formula is C49H93NO3. The van der Waals surface area contributed by atoms with Crippen LogP contribution in [0.4, 0.5) is 0 Å². The molecule has 0 radical (unpaired) electrons. The van der Waals surface area contributed by atoms with Crippen molar-refractivity contribution in [3.63, 3.8) is 0 Å². The molecule has 312 valence electrons. The van der Waals surface area contributed by atoms with Gasteiger partial charge in [-0.25, -0.2) is 0 Å². The molecule has 0 heterocycles. The van der Waals surface area contributed by atoms with Gasteiger partial charge in [0.15, 0.2) is 0 Å². The van der Waals surface area contributed by atoms with E-state index < -0.39 is 12.1 Å². The topological polar surface area (TPSA) is 69.6 Å². The largest absolute Gasteiger partial charge is 0.394 e. The first-order chi connectivity index (χ1) is 26.2. The molecule has 2 atom stereocenters. The number of rotatable bonds is 43. The Morgan fingerprint density at radius 1 is 0.434 bits per heavy atom. The Balaban J connectivity index is 3.50. The molecule has 0 fully saturated rings. The number of hydrogen-bond donors (Lipinski definition) is 3. The maximum absolute atomic E-state index is 12.3. The molecule has 53 heavy (non-hydrogen) atoms. The number of aliphatic hydroxyl groups excluding tert-OH is 2. The summed E-state index contributed by atoms with van der Waals surface area (Å²) in [5, 5.41) is 22.9. The second kappa shape index (κ2) is 45.0. The van der Waals surface area contributed by atoms with E-state index in [1.54, 1.807) is 6.08 Å². The highest BCUT2D eigenvalue weighted by molar-refractivity contribution is 5.76. The summed E-state index contributed by atoms with van der Waals surface area (Å²) in [5.41, 5.74) is 0. The molecule has 0 aromatic rings. The van der Waals surface area contributed by atoms with Crippen molar-refractivity contribution in [3.05, 3.63) is 36.5 Å². The van der Waals surface area contributed by atoms with E-state index in [9.17, 15) is 15.0 Å². The van der Waals surface area contributed by atoms with Gasteiger partial charge in [0.25, 0.3) is 0 Å². The molecule has 0 aromatic heterocycles. The van der Waals surface area contributed by atoms with Crippen LogP contribution in [0.2, 0.25) is 0 Å². The molecule has 0 aromatic carbocycles. The predicted octanol–water partition coefficient (Wildman–Crippen LogP) is 15.0. The first-order valence-electron chi connectivity index (χ1n) is 23.7. The molecule has 4 nitrogen and oxygen atoms in total. The van der Waals surface area contributed by atoms with E-state index in [0.717, 1.165) is 38.5 Å². The Bertz CT molecular complexity index is 806. The normalized spacial score (nSPS) is 13.2. The van der Waals surface area contributed by atoms with E-state index in [-0.39, 0.29) is 12.5 Å². The lowest BCUT2D eigenvalue weighted by atomic mass is 10.0. The van der Waals surface area contributed by atoms with Crippen molar-refractivity contribution in [1.82, 2.24) is 5.32 Å². The Labute approximate surface area is 331 Å². The van der Waals surface area contributed by atoms with Crippen molar-refractivity contribution in [3.8, 4) is 0 Å². The molecule has 0 aliphatic heterocycles. The molecular weight excluding hydrogens is 651 g/mol. The average molecular weight is 744 g/mol. The molecule has 0 rings (SSSR count). The summed E-state index contributed by atoms with van der Waals surface area (Å²) < 4.78 is 0. The van der Waals surface area contributed by atoms with Gasteiger partial charge in [0, 0.05) is 6.42 Å². The lowest BCUT2D eigenvalue weighted by Crippen LogP contribution is -2.45. The number of nitrogens with one attached hydrogen (secondary N) is 1. The molecule has 0 aliphatic carbocycles. The number of allylic oxidation sites excluding steroid dienone is 5. The highest BCUT2D eigenvalue weighted by Crippen LogP contribution is 2.16. The summed E-state index contributed by atoms with van der Waals surface area (Å²) in [6.45, 7) is 4.28. The third kappa shape index (κ3) is 41.6. The van der Waals surface area contributed by atoms with Gasteiger partial charge in [-0.2, -0.15) is 0 Å². The van der Waals surface area contributed by atoms with E-state index in [0.29, 0.717) is 6.42 Å². The van der Waals surface area contributed by atoms with Crippen molar-refractivity contribution < 1.29 is 15.0 Å². The second-order valence-electron chi connectivity index (χ2n) is 16.2. The van der Waals surface area contributed by atoms with Gasteiger partial charge in [0.1, 0.15) is 0 Å². The number of hydrogen-bond acceptors (Lipinski definition) is 3. The summed E-state index contributed by atoms with van der Waals surface area (Å²) in [6.07, 6.45) is 60.1. The van der Waals surface area contributed by atoms with Crippen LogP contribution in [0.25, 0.3) is 0 Å².